The lowest BCUT2D eigenvalue weighted by Crippen LogP contribution is -1.93. The highest BCUT2D eigenvalue weighted by Gasteiger charge is 2.10. The van der Waals surface area contributed by atoms with Crippen molar-refractivity contribution in [3.8, 4) is 0 Å². The van der Waals surface area contributed by atoms with E-state index in [4.69, 9.17) is 11.6 Å². The zero-order chi connectivity index (χ0) is 11.5. The molecule has 0 aliphatic rings. The highest BCUT2D eigenvalue weighted by molar-refractivity contribution is 7.99. The molecule has 0 aliphatic carbocycles. The van der Waals surface area contributed by atoms with Crippen molar-refractivity contribution in [1.82, 2.24) is 0 Å². The second-order valence-electron chi connectivity index (χ2n) is 3.40. The van der Waals surface area contributed by atoms with Crippen molar-refractivity contribution in [3.63, 3.8) is 0 Å². The Morgan fingerprint density at radius 1 is 1.25 bits per heavy atom. The Hall–Kier alpha value is -0.990. The van der Waals surface area contributed by atoms with Crippen LogP contribution >= 0.6 is 23.4 Å². The third-order valence-electron chi connectivity index (χ3n) is 2.36. The Morgan fingerprint density at radius 2 is 1.88 bits per heavy atom. The Labute approximate surface area is 104 Å². The quantitative estimate of drug-likeness (QED) is 0.596. The number of thioether (sulfide) groups is 1. The Bertz CT molecular complexity index is 536. The van der Waals surface area contributed by atoms with Crippen LogP contribution in [0.2, 0.25) is 0 Å². The molecule has 0 spiro atoms. The summed E-state index contributed by atoms with van der Waals surface area (Å²) < 4.78 is 0. The maximum absolute atomic E-state index is 11.3. The fourth-order valence-corrected chi connectivity index (χ4v) is 2.69. The van der Waals surface area contributed by atoms with Gasteiger partial charge in [0.15, 0.2) is 0 Å². The molecule has 0 fully saturated rings. The number of benzene rings is 2. The summed E-state index contributed by atoms with van der Waals surface area (Å²) >= 11 is 7.23. The smallest absolute Gasteiger partial charge is 0.253 e. The monoisotopic (exact) mass is 250 g/mol. The molecule has 0 atom stereocenters. The minimum absolute atomic E-state index is 0.387. The first-order valence-corrected chi connectivity index (χ1v) is 6.44. The van der Waals surface area contributed by atoms with Crippen LogP contribution < -0.4 is 0 Å². The minimum atomic E-state index is -0.387. The topological polar surface area (TPSA) is 17.1 Å². The molecule has 16 heavy (non-hydrogen) atoms. The normalized spacial score (nSPS) is 10.6. The van der Waals surface area contributed by atoms with Crippen molar-refractivity contribution in [2.45, 2.75) is 11.8 Å². The lowest BCUT2D eigenvalue weighted by molar-refractivity contribution is 0.107. The molecule has 0 saturated carbocycles. The van der Waals surface area contributed by atoms with E-state index in [1.54, 1.807) is 11.8 Å². The Kier molecular flexibility index (Phi) is 3.52. The predicted octanol–water partition coefficient (Wildman–Crippen LogP) is 4.33. The number of hydrogen-bond acceptors (Lipinski definition) is 2. The zero-order valence-corrected chi connectivity index (χ0v) is 10.4. The van der Waals surface area contributed by atoms with Crippen LogP contribution in [0.15, 0.2) is 41.3 Å². The van der Waals surface area contributed by atoms with Crippen LogP contribution in [0.5, 0.6) is 0 Å². The van der Waals surface area contributed by atoms with Gasteiger partial charge in [0.05, 0.1) is 0 Å². The maximum Gasteiger partial charge on any atom is 0.253 e. The molecule has 0 aliphatic heterocycles. The van der Waals surface area contributed by atoms with Crippen LogP contribution in [-0.2, 0) is 0 Å². The van der Waals surface area contributed by atoms with Crippen LogP contribution in [0, 0.1) is 0 Å². The Morgan fingerprint density at radius 3 is 2.44 bits per heavy atom. The van der Waals surface area contributed by atoms with E-state index in [2.05, 4.69) is 6.92 Å². The molecule has 0 bridgehead atoms. The van der Waals surface area contributed by atoms with E-state index in [0.29, 0.717) is 5.56 Å². The molecule has 82 valence electrons. The van der Waals surface area contributed by atoms with Gasteiger partial charge in [-0.2, -0.15) is 0 Å². The van der Waals surface area contributed by atoms with E-state index in [9.17, 15) is 4.79 Å². The zero-order valence-electron chi connectivity index (χ0n) is 8.87. The lowest BCUT2D eigenvalue weighted by Gasteiger charge is -2.06. The third kappa shape index (κ3) is 2.23. The molecule has 2 rings (SSSR count). The van der Waals surface area contributed by atoms with Gasteiger partial charge in [0.1, 0.15) is 0 Å². The minimum Gasteiger partial charge on any atom is -0.276 e. The lowest BCUT2D eigenvalue weighted by atomic mass is 10.1. The van der Waals surface area contributed by atoms with E-state index in [1.807, 2.05) is 36.4 Å². The average molecular weight is 251 g/mol. The standard InChI is InChI=1S/C13H11ClOS/c1-2-16-12-8-10-6-4-3-5-9(10)7-11(12)13(14)15/h3-8H,2H2,1H3. The predicted molar refractivity (Wildman–Crippen MR) is 70.5 cm³/mol. The highest BCUT2D eigenvalue weighted by atomic mass is 35.5. The summed E-state index contributed by atoms with van der Waals surface area (Å²) in [4.78, 5) is 12.3. The summed E-state index contributed by atoms with van der Waals surface area (Å²) in [7, 11) is 0. The van der Waals surface area contributed by atoms with Gasteiger partial charge in [0.25, 0.3) is 5.24 Å². The number of halogens is 1. The van der Waals surface area contributed by atoms with Crippen LogP contribution in [0.4, 0.5) is 0 Å². The number of hydrogen-bond donors (Lipinski definition) is 0. The van der Waals surface area contributed by atoms with E-state index in [1.165, 1.54) is 0 Å². The summed E-state index contributed by atoms with van der Waals surface area (Å²) in [5, 5.41) is 1.80. The van der Waals surface area contributed by atoms with Gasteiger partial charge in [0.2, 0.25) is 0 Å². The molecule has 0 radical (unpaired) electrons. The average Bonchev–Trinajstić information content (AvgIpc) is 2.28. The van der Waals surface area contributed by atoms with E-state index < -0.39 is 0 Å². The van der Waals surface area contributed by atoms with Gasteiger partial charge in [-0.25, -0.2) is 0 Å². The molecule has 0 N–H and O–H groups in total. The van der Waals surface area contributed by atoms with Crippen molar-refractivity contribution in [1.29, 1.82) is 0 Å². The van der Waals surface area contributed by atoms with E-state index in [0.717, 1.165) is 21.4 Å². The van der Waals surface area contributed by atoms with Gasteiger partial charge in [0, 0.05) is 10.5 Å². The number of rotatable bonds is 3. The molecule has 1 nitrogen and oxygen atoms in total. The largest absolute Gasteiger partial charge is 0.276 e. The van der Waals surface area contributed by atoms with Gasteiger partial charge >= 0.3 is 0 Å². The van der Waals surface area contributed by atoms with Crippen molar-refractivity contribution >= 4 is 39.4 Å². The summed E-state index contributed by atoms with van der Waals surface area (Å²) in [5.74, 6) is 0.926. The molecule has 0 aromatic heterocycles. The first-order chi connectivity index (χ1) is 7.72. The van der Waals surface area contributed by atoms with Crippen molar-refractivity contribution in [2.24, 2.45) is 0 Å². The fraction of sp³-hybridized carbons (Fsp3) is 0.154. The molecular formula is C13H11ClOS. The molecule has 0 saturated heterocycles. The first kappa shape index (κ1) is 11.5. The molecule has 3 heteroatoms. The number of carbonyl (C=O) groups excluding carboxylic acids is 1. The number of fused-ring (bicyclic) bond motifs is 1. The van der Waals surface area contributed by atoms with E-state index in [-0.39, 0.29) is 5.24 Å². The molecule has 0 heterocycles. The van der Waals surface area contributed by atoms with Crippen LogP contribution in [0.25, 0.3) is 10.8 Å². The van der Waals surface area contributed by atoms with Crippen LogP contribution in [0.1, 0.15) is 17.3 Å². The third-order valence-corrected chi connectivity index (χ3v) is 3.50. The summed E-state index contributed by atoms with van der Waals surface area (Å²) in [6.45, 7) is 2.06. The second-order valence-corrected chi connectivity index (χ2v) is 5.05. The van der Waals surface area contributed by atoms with Gasteiger partial charge in [-0.05, 0) is 40.3 Å². The van der Waals surface area contributed by atoms with Crippen molar-refractivity contribution < 1.29 is 4.79 Å². The first-order valence-electron chi connectivity index (χ1n) is 5.08. The fourth-order valence-electron chi connectivity index (χ4n) is 1.65. The molecular weight excluding hydrogens is 240 g/mol. The summed E-state index contributed by atoms with van der Waals surface area (Å²) in [5.41, 5.74) is 0.604. The Balaban J connectivity index is 2.65. The molecule has 2 aromatic rings. The highest BCUT2D eigenvalue weighted by Crippen LogP contribution is 2.29. The van der Waals surface area contributed by atoms with Gasteiger partial charge < -0.3 is 0 Å². The SMILES string of the molecule is CCSc1cc2ccccc2cc1C(=O)Cl. The molecule has 0 unspecified atom stereocenters. The maximum atomic E-state index is 11.3. The molecule has 2 aromatic carbocycles. The van der Waals surface area contributed by atoms with Crippen LogP contribution in [0.3, 0.4) is 0 Å². The van der Waals surface area contributed by atoms with Crippen LogP contribution in [-0.4, -0.2) is 11.0 Å². The van der Waals surface area contributed by atoms with Crippen molar-refractivity contribution in [2.75, 3.05) is 5.75 Å². The van der Waals surface area contributed by atoms with Gasteiger partial charge in [-0.15, -0.1) is 11.8 Å². The second kappa shape index (κ2) is 4.89. The van der Waals surface area contributed by atoms with Crippen molar-refractivity contribution in [3.05, 3.63) is 42.0 Å². The summed E-state index contributed by atoms with van der Waals surface area (Å²) in [6.07, 6.45) is 0. The van der Waals surface area contributed by atoms with Gasteiger partial charge in [-0.3, -0.25) is 4.79 Å². The molecule has 0 amide bonds. The number of carbonyl (C=O) groups is 1. The van der Waals surface area contributed by atoms with Gasteiger partial charge in [-0.1, -0.05) is 31.2 Å². The van der Waals surface area contributed by atoms with E-state index >= 15 is 0 Å². The summed E-state index contributed by atoms with van der Waals surface area (Å²) in [6, 6.07) is 11.9.